The zero-order chi connectivity index (χ0) is 15.7. The molecule has 2 aliphatic rings. The smallest absolute Gasteiger partial charge is 0.247 e. The molecule has 0 spiro atoms. The molecule has 3 rings (SSSR count). The average molecular weight is 335 g/mol. The van der Waals surface area contributed by atoms with Crippen LogP contribution in [0.1, 0.15) is 30.4 Å². The van der Waals surface area contributed by atoms with Crippen LogP contribution in [0.5, 0.6) is 0 Å². The number of amides is 1. The van der Waals surface area contributed by atoms with E-state index in [1.165, 1.54) is 24.8 Å². The van der Waals surface area contributed by atoms with Gasteiger partial charge in [0, 0.05) is 6.54 Å². The summed E-state index contributed by atoms with van der Waals surface area (Å²) in [6, 6.07) is 6.16. The van der Waals surface area contributed by atoms with Crippen molar-refractivity contribution in [2.45, 2.75) is 38.4 Å². The lowest BCUT2D eigenvalue weighted by Crippen LogP contribution is -2.40. The van der Waals surface area contributed by atoms with Gasteiger partial charge in [0.05, 0.1) is 5.69 Å². The number of likely N-dealkylation sites (tertiary alicyclic amines) is 1. The van der Waals surface area contributed by atoms with Crippen molar-refractivity contribution < 1.29 is 4.79 Å². The fourth-order valence-corrected chi connectivity index (χ4v) is 4.79. The number of benzene rings is 1. The van der Waals surface area contributed by atoms with Crippen molar-refractivity contribution in [2.75, 3.05) is 24.5 Å². The second-order valence-corrected chi connectivity index (χ2v) is 8.03. The summed E-state index contributed by atoms with van der Waals surface area (Å²) in [4.78, 5) is 17.0. The molecule has 0 aromatic heterocycles. The van der Waals surface area contributed by atoms with Gasteiger partial charge in [0.15, 0.2) is 0 Å². The van der Waals surface area contributed by atoms with Crippen LogP contribution < -0.4 is 4.90 Å². The number of anilines is 1. The second kappa shape index (κ2) is 6.69. The van der Waals surface area contributed by atoms with E-state index < -0.39 is 0 Å². The number of carbonyl (C=O) groups is 1. The molecule has 0 N–H and O–H groups in total. The predicted octanol–water partition coefficient (Wildman–Crippen LogP) is 3.52. The zero-order valence-corrected chi connectivity index (χ0v) is 14.8. The van der Waals surface area contributed by atoms with Gasteiger partial charge in [-0.25, -0.2) is 0 Å². The van der Waals surface area contributed by atoms with Gasteiger partial charge >= 0.3 is 0 Å². The summed E-state index contributed by atoms with van der Waals surface area (Å²) in [6.07, 6.45) is 3.81. The molecule has 2 saturated heterocycles. The third-order valence-corrected chi connectivity index (χ3v) is 5.88. The second-order valence-electron chi connectivity index (χ2n) is 6.20. The maximum atomic E-state index is 12.8. The van der Waals surface area contributed by atoms with E-state index in [-0.39, 0.29) is 11.2 Å². The van der Waals surface area contributed by atoms with E-state index in [9.17, 15) is 4.79 Å². The molecule has 0 bridgehead atoms. The van der Waals surface area contributed by atoms with E-state index in [0.717, 1.165) is 30.9 Å². The standard InChI is InChI=1S/C17H22N2OS2/c1-12-6-7-14(13(2)10-12)19-16(20)15(22-17(19)21)11-18-8-4-3-5-9-18/h6-7,10,15H,3-5,8-9,11H2,1-2H3. The molecule has 0 saturated carbocycles. The van der Waals surface area contributed by atoms with Crippen molar-refractivity contribution >= 4 is 39.9 Å². The first-order valence-electron chi connectivity index (χ1n) is 7.90. The minimum atomic E-state index is -0.0497. The number of thiocarbonyl (C=S) groups is 1. The highest BCUT2D eigenvalue weighted by atomic mass is 32.2. The Kier molecular flexibility index (Phi) is 4.85. The fraction of sp³-hybridized carbons (Fsp3) is 0.529. The molecule has 1 amide bonds. The minimum Gasteiger partial charge on any atom is -0.302 e. The number of piperidine rings is 1. The Bertz CT molecular complexity index is 596. The van der Waals surface area contributed by atoms with Crippen LogP contribution >= 0.6 is 24.0 Å². The van der Waals surface area contributed by atoms with Gasteiger partial charge in [-0.3, -0.25) is 9.69 Å². The summed E-state index contributed by atoms with van der Waals surface area (Å²) >= 11 is 7.04. The van der Waals surface area contributed by atoms with Crippen LogP contribution in [0, 0.1) is 13.8 Å². The van der Waals surface area contributed by atoms with Crippen molar-refractivity contribution in [3.05, 3.63) is 29.3 Å². The number of hydrogen-bond donors (Lipinski definition) is 0. The van der Waals surface area contributed by atoms with Crippen molar-refractivity contribution in [3.8, 4) is 0 Å². The Morgan fingerprint density at radius 3 is 2.64 bits per heavy atom. The number of nitrogens with zero attached hydrogens (tertiary/aromatic N) is 2. The largest absolute Gasteiger partial charge is 0.302 e. The number of thioether (sulfide) groups is 1. The molecule has 1 atom stereocenters. The lowest BCUT2D eigenvalue weighted by molar-refractivity contribution is -0.117. The molecule has 1 aromatic carbocycles. The van der Waals surface area contributed by atoms with E-state index >= 15 is 0 Å². The molecule has 0 radical (unpaired) electrons. The van der Waals surface area contributed by atoms with Crippen LogP contribution in [0.25, 0.3) is 0 Å². The van der Waals surface area contributed by atoms with E-state index in [0.29, 0.717) is 4.32 Å². The summed E-state index contributed by atoms with van der Waals surface area (Å²) in [5, 5.41) is -0.0497. The van der Waals surface area contributed by atoms with Gasteiger partial charge in [-0.05, 0) is 51.4 Å². The van der Waals surface area contributed by atoms with Gasteiger partial charge < -0.3 is 4.90 Å². The molecule has 118 valence electrons. The summed E-state index contributed by atoms with van der Waals surface area (Å²) < 4.78 is 0.693. The fourth-order valence-electron chi connectivity index (χ4n) is 3.22. The van der Waals surface area contributed by atoms with E-state index in [4.69, 9.17) is 12.2 Å². The van der Waals surface area contributed by atoms with E-state index in [1.807, 2.05) is 19.1 Å². The summed E-state index contributed by atoms with van der Waals surface area (Å²) in [7, 11) is 0. The van der Waals surface area contributed by atoms with Crippen LogP contribution in [-0.2, 0) is 4.79 Å². The highest BCUT2D eigenvalue weighted by Crippen LogP contribution is 2.34. The van der Waals surface area contributed by atoms with Crippen LogP contribution in [0.3, 0.4) is 0 Å². The molecule has 2 fully saturated rings. The van der Waals surface area contributed by atoms with Crippen LogP contribution in [0.15, 0.2) is 18.2 Å². The summed E-state index contributed by atoms with van der Waals surface area (Å²) in [5.74, 6) is 0.146. The molecular formula is C17H22N2OS2. The monoisotopic (exact) mass is 334 g/mol. The lowest BCUT2D eigenvalue weighted by atomic mass is 10.1. The Balaban J connectivity index is 1.76. The molecule has 2 aliphatic heterocycles. The van der Waals surface area contributed by atoms with Gasteiger partial charge in [0.1, 0.15) is 9.57 Å². The molecular weight excluding hydrogens is 312 g/mol. The molecule has 3 nitrogen and oxygen atoms in total. The van der Waals surface area contributed by atoms with Crippen LogP contribution in [0.2, 0.25) is 0 Å². The number of hydrogen-bond acceptors (Lipinski definition) is 4. The van der Waals surface area contributed by atoms with Crippen LogP contribution in [-0.4, -0.2) is 40.0 Å². The quantitative estimate of drug-likeness (QED) is 0.789. The maximum Gasteiger partial charge on any atom is 0.247 e. The molecule has 5 heteroatoms. The Morgan fingerprint density at radius 2 is 1.95 bits per heavy atom. The molecule has 2 heterocycles. The minimum absolute atomic E-state index is 0.0497. The van der Waals surface area contributed by atoms with E-state index in [1.54, 1.807) is 16.7 Å². The van der Waals surface area contributed by atoms with Gasteiger partial charge in [0.25, 0.3) is 0 Å². The predicted molar refractivity (Wildman–Crippen MR) is 97.7 cm³/mol. The number of carbonyl (C=O) groups excluding carboxylic acids is 1. The molecule has 1 aromatic rings. The van der Waals surface area contributed by atoms with Crippen molar-refractivity contribution in [2.24, 2.45) is 0 Å². The first-order chi connectivity index (χ1) is 10.6. The van der Waals surface area contributed by atoms with Gasteiger partial charge in [-0.1, -0.05) is 48.1 Å². The van der Waals surface area contributed by atoms with E-state index in [2.05, 4.69) is 17.9 Å². The first kappa shape index (κ1) is 16.0. The normalized spacial score (nSPS) is 23.4. The Labute approximate surface area is 142 Å². The van der Waals surface area contributed by atoms with Gasteiger partial charge in [-0.2, -0.15) is 0 Å². The zero-order valence-electron chi connectivity index (χ0n) is 13.2. The van der Waals surface area contributed by atoms with Crippen LogP contribution in [0.4, 0.5) is 5.69 Å². The van der Waals surface area contributed by atoms with Gasteiger partial charge in [-0.15, -0.1) is 0 Å². The third kappa shape index (κ3) is 3.21. The third-order valence-electron chi connectivity index (χ3n) is 4.39. The summed E-state index contributed by atoms with van der Waals surface area (Å²) in [6.45, 7) is 7.15. The van der Waals surface area contributed by atoms with Gasteiger partial charge in [0.2, 0.25) is 5.91 Å². The van der Waals surface area contributed by atoms with Crippen molar-refractivity contribution in [1.29, 1.82) is 0 Å². The molecule has 22 heavy (non-hydrogen) atoms. The maximum absolute atomic E-state index is 12.8. The number of rotatable bonds is 3. The molecule has 0 aliphatic carbocycles. The number of aryl methyl sites for hydroxylation is 2. The topological polar surface area (TPSA) is 23.6 Å². The Hall–Kier alpha value is -0.910. The lowest BCUT2D eigenvalue weighted by Gasteiger charge is -2.28. The van der Waals surface area contributed by atoms with Crippen molar-refractivity contribution in [3.63, 3.8) is 0 Å². The average Bonchev–Trinajstić information content (AvgIpc) is 2.75. The molecule has 1 unspecified atom stereocenters. The Morgan fingerprint density at radius 1 is 1.23 bits per heavy atom. The van der Waals surface area contributed by atoms with Crippen molar-refractivity contribution in [1.82, 2.24) is 4.90 Å². The summed E-state index contributed by atoms with van der Waals surface area (Å²) in [5.41, 5.74) is 3.25. The highest BCUT2D eigenvalue weighted by molar-refractivity contribution is 8.25. The SMILES string of the molecule is Cc1ccc(N2C(=O)C(CN3CCCCC3)SC2=S)c(C)c1. The first-order valence-corrected chi connectivity index (χ1v) is 9.19. The highest BCUT2D eigenvalue weighted by Gasteiger charge is 2.39.